The molecule has 3 aromatic carbocycles. The van der Waals surface area contributed by atoms with Crippen LogP contribution in [0.15, 0.2) is 70.0 Å². The molecule has 1 fully saturated rings. The van der Waals surface area contributed by atoms with Crippen LogP contribution in [0.1, 0.15) is 5.56 Å². The fourth-order valence-electron chi connectivity index (χ4n) is 3.43. The molecule has 0 N–H and O–H groups in total. The summed E-state index contributed by atoms with van der Waals surface area (Å²) in [5.41, 5.74) is 1.43. The van der Waals surface area contributed by atoms with Crippen LogP contribution in [0.3, 0.4) is 0 Å². The highest BCUT2D eigenvalue weighted by atomic mass is 79.9. The molecule has 0 aromatic heterocycles. The summed E-state index contributed by atoms with van der Waals surface area (Å²) >= 11 is 16.2. The Kier molecular flexibility index (Phi) is 8.79. The first-order chi connectivity index (χ1) is 17.4. The van der Waals surface area contributed by atoms with Gasteiger partial charge in [0.1, 0.15) is 13.2 Å². The van der Waals surface area contributed by atoms with Crippen LogP contribution in [0.4, 0.5) is 5.69 Å². The Labute approximate surface area is 232 Å². The van der Waals surface area contributed by atoms with Gasteiger partial charge in [-0.1, -0.05) is 47.7 Å². The van der Waals surface area contributed by atoms with Gasteiger partial charge >= 0.3 is 0 Å². The van der Waals surface area contributed by atoms with E-state index < -0.39 is 0 Å². The minimum absolute atomic E-state index is 0.198. The molecule has 1 aliphatic heterocycles. The lowest BCUT2D eigenvalue weighted by molar-refractivity contribution is -0.113. The molecule has 1 heterocycles. The number of methoxy groups -OCH3 is 2. The zero-order chi connectivity index (χ0) is 25.7. The predicted octanol–water partition coefficient (Wildman–Crippen LogP) is 6.98. The first-order valence-electron chi connectivity index (χ1n) is 10.7. The molecule has 0 bridgehead atoms. The molecule has 6 nitrogen and oxygen atoms in total. The zero-order valence-corrected chi connectivity index (χ0v) is 23.3. The Morgan fingerprint density at radius 3 is 2.33 bits per heavy atom. The number of rotatable bonds is 9. The summed E-state index contributed by atoms with van der Waals surface area (Å²) in [6, 6.07) is 18.0. The van der Waals surface area contributed by atoms with E-state index in [1.54, 1.807) is 50.6 Å². The number of hydrogen-bond acceptors (Lipinski definition) is 7. The number of halogens is 2. The summed E-state index contributed by atoms with van der Waals surface area (Å²) in [5.74, 6) is 2.15. The molecule has 4 rings (SSSR count). The number of amides is 1. The third-order valence-corrected chi connectivity index (χ3v) is 7.23. The van der Waals surface area contributed by atoms with Gasteiger partial charge < -0.3 is 18.9 Å². The second-order valence-electron chi connectivity index (χ2n) is 7.38. The average molecular weight is 607 g/mol. The molecule has 1 saturated heterocycles. The van der Waals surface area contributed by atoms with Crippen molar-refractivity contribution < 1.29 is 23.7 Å². The highest BCUT2D eigenvalue weighted by Crippen LogP contribution is 2.40. The average Bonchev–Trinajstić information content (AvgIpc) is 3.15. The van der Waals surface area contributed by atoms with E-state index in [1.165, 1.54) is 16.7 Å². The lowest BCUT2D eigenvalue weighted by Gasteiger charge is -2.15. The number of hydrogen-bond donors (Lipinski definition) is 0. The van der Waals surface area contributed by atoms with Gasteiger partial charge in [-0.3, -0.25) is 9.69 Å². The van der Waals surface area contributed by atoms with Crippen LogP contribution in [-0.4, -0.2) is 37.7 Å². The minimum Gasteiger partial charge on any atom is -0.493 e. The first kappa shape index (κ1) is 26.3. The lowest BCUT2D eigenvalue weighted by Crippen LogP contribution is -2.27. The van der Waals surface area contributed by atoms with Crippen molar-refractivity contribution in [1.82, 2.24) is 0 Å². The van der Waals surface area contributed by atoms with Crippen LogP contribution in [0.2, 0.25) is 5.02 Å². The van der Waals surface area contributed by atoms with E-state index in [-0.39, 0.29) is 12.5 Å². The number of nitrogens with zero attached hydrogens (tertiary/aromatic N) is 1. The molecule has 10 heteroatoms. The number of anilines is 1. The second-order valence-corrected chi connectivity index (χ2v) is 10.3. The van der Waals surface area contributed by atoms with Crippen molar-refractivity contribution in [2.24, 2.45) is 0 Å². The van der Waals surface area contributed by atoms with Gasteiger partial charge in [0.15, 0.2) is 27.3 Å². The topological polar surface area (TPSA) is 57.2 Å². The number of para-hydroxylation sites is 2. The number of carbonyl (C=O) groups excluding carboxylic acids is 1. The zero-order valence-electron chi connectivity index (χ0n) is 19.3. The van der Waals surface area contributed by atoms with E-state index >= 15 is 0 Å². The molecule has 0 unspecified atom stereocenters. The normalized spacial score (nSPS) is 14.3. The molecule has 0 radical (unpaired) electrons. The Morgan fingerprint density at radius 2 is 1.64 bits per heavy atom. The molecule has 0 spiro atoms. The summed E-state index contributed by atoms with van der Waals surface area (Å²) in [6.45, 7) is 0.594. The third-order valence-electron chi connectivity index (χ3n) is 5.08. The maximum absolute atomic E-state index is 13.1. The van der Waals surface area contributed by atoms with Crippen LogP contribution >= 0.6 is 51.5 Å². The Balaban J connectivity index is 1.46. The number of benzene rings is 3. The number of ether oxygens (including phenoxy) is 4. The summed E-state index contributed by atoms with van der Waals surface area (Å²) in [6.07, 6.45) is 1.77. The van der Waals surface area contributed by atoms with Gasteiger partial charge in [-0.2, -0.15) is 0 Å². The summed E-state index contributed by atoms with van der Waals surface area (Å²) in [5, 5.41) is 0.588. The van der Waals surface area contributed by atoms with Gasteiger partial charge in [-0.05, 0) is 76.1 Å². The molecule has 1 amide bonds. The van der Waals surface area contributed by atoms with Crippen LogP contribution in [0.25, 0.3) is 6.08 Å². The van der Waals surface area contributed by atoms with Crippen LogP contribution in [0.5, 0.6) is 23.0 Å². The van der Waals surface area contributed by atoms with E-state index in [9.17, 15) is 4.79 Å². The number of carbonyl (C=O) groups is 1. The molecular weight excluding hydrogens is 586 g/mol. The third kappa shape index (κ3) is 5.98. The Hall–Kier alpha value is -2.72. The first-order valence-corrected chi connectivity index (χ1v) is 13.1. The van der Waals surface area contributed by atoms with Crippen molar-refractivity contribution in [3.8, 4) is 23.0 Å². The van der Waals surface area contributed by atoms with Crippen molar-refractivity contribution in [3.63, 3.8) is 0 Å². The maximum atomic E-state index is 13.1. The van der Waals surface area contributed by atoms with Crippen molar-refractivity contribution >= 4 is 73.5 Å². The minimum atomic E-state index is -0.198. The van der Waals surface area contributed by atoms with Gasteiger partial charge in [0.25, 0.3) is 5.91 Å². The summed E-state index contributed by atoms with van der Waals surface area (Å²) < 4.78 is 23.7. The molecule has 0 saturated carbocycles. The van der Waals surface area contributed by atoms with Gasteiger partial charge in [0.05, 0.1) is 29.3 Å². The van der Waals surface area contributed by atoms with Crippen molar-refractivity contribution in [2.75, 3.05) is 32.3 Å². The van der Waals surface area contributed by atoms with Crippen LogP contribution < -0.4 is 23.8 Å². The van der Waals surface area contributed by atoms with E-state index in [4.69, 9.17) is 42.8 Å². The summed E-state index contributed by atoms with van der Waals surface area (Å²) in [7, 11) is 3.15. The SMILES string of the molecule is COc1ccccc1OCCOc1c(Br)cc(C=C2SC(=S)N(c3ccc(Cl)cc3)C2=O)cc1OC. The molecule has 0 aliphatic carbocycles. The highest BCUT2D eigenvalue weighted by molar-refractivity contribution is 9.10. The van der Waals surface area contributed by atoms with E-state index in [0.29, 0.717) is 54.0 Å². The van der Waals surface area contributed by atoms with Crippen molar-refractivity contribution in [2.45, 2.75) is 0 Å². The monoisotopic (exact) mass is 605 g/mol. The second kappa shape index (κ2) is 12.0. The molecule has 1 aliphatic rings. The molecule has 36 heavy (non-hydrogen) atoms. The van der Waals surface area contributed by atoms with Crippen molar-refractivity contribution in [3.05, 3.63) is 80.6 Å². The van der Waals surface area contributed by atoms with Gasteiger partial charge in [-0.15, -0.1) is 0 Å². The van der Waals surface area contributed by atoms with Crippen LogP contribution in [-0.2, 0) is 4.79 Å². The Bertz CT molecular complexity index is 1320. The molecule has 0 atom stereocenters. The van der Waals surface area contributed by atoms with E-state index in [1.807, 2.05) is 30.3 Å². The number of thiocarbonyl (C=S) groups is 1. The molecule has 186 valence electrons. The molecular formula is C26H21BrClNO5S2. The standard InChI is InChI=1S/C26H21BrClNO5S2/c1-31-20-5-3-4-6-21(20)33-11-12-34-24-19(27)13-16(14-22(24)32-2)15-23-25(30)29(26(35)36-23)18-9-7-17(28)8-10-18/h3-10,13-15H,11-12H2,1-2H3. The fraction of sp³-hybridized carbons (Fsp3) is 0.154. The largest absolute Gasteiger partial charge is 0.493 e. The van der Waals surface area contributed by atoms with Gasteiger partial charge in [-0.25, -0.2) is 0 Å². The van der Waals surface area contributed by atoms with Crippen LogP contribution in [0, 0.1) is 0 Å². The smallest absolute Gasteiger partial charge is 0.270 e. The lowest BCUT2D eigenvalue weighted by atomic mass is 10.1. The quantitative estimate of drug-likeness (QED) is 0.148. The highest BCUT2D eigenvalue weighted by Gasteiger charge is 2.33. The van der Waals surface area contributed by atoms with E-state index in [0.717, 1.165) is 5.56 Å². The number of thioether (sulfide) groups is 1. The molecule has 3 aromatic rings. The summed E-state index contributed by atoms with van der Waals surface area (Å²) in [4.78, 5) is 15.1. The van der Waals surface area contributed by atoms with Gasteiger partial charge in [0, 0.05) is 5.02 Å². The van der Waals surface area contributed by atoms with E-state index in [2.05, 4.69) is 15.9 Å². The Morgan fingerprint density at radius 1 is 0.972 bits per heavy atom. The fourth-order valence-corrected chi connectivity index (χ4v) is 5.43. The predicted molar refractivity (Wildman–Crippen MR) is 152 cm³/mol. The van der Waals surface area contributed by atoms with Gasteiger partial charge in [0.2, 0.25) is 0 Å². The maximum Gasteiger partial charge on any atom is 0.270 e. The van der Waals surface area contributed by atoms with Crippen molar-refractivity contribution in [1.29, 1.82) is 0 Å².